The quantitative estimate of drug-likeness (QED) is 0.810. The van der Waals surface area contributed by atoms with Crippen LogP contribution in [0.4, 0.5) is 0 Å². The van der Waals surface area contributed by atoms with Crippen LogP contribution < -0.4 is 14.2 Å². The molecular formula is C18H21O3. The van der Waals surface area contributed by atoms with Gasteiger partial charge in [-0.1, -0.05) is 18.2 Å². The summed E-state index contributed by atoms with van der Waals surface area (Å²) in [5.41, 5.74) is 3.31. The maximum atomic E-state index is 5.49. The Kier molecular flexibility index (Phi) is 5.09. The molecule has 3 heteroatoms. The number of benzene rings is 2. The van der Waals surface area contributed by atoms with Gasteiger partial charge in [0.2, 0.25) is 0 Å². The molecule has 2 aromatic rings. The largest absolute Gasteiger partial charge is 0.497 e. The highest BCUT2D eigenvalue weighted by atomic mass is 16.5. The van der Waals surface area contributed by atoms with E-state index >= 15 is 0 Å². The zero-order valence-electron chi connectivity index (χ0n) is 12.8. The van der Waals surface area contributed by atoms with Crippen molar-refractivity contribution in [3.63, 3.8) is 0 Å². The summed E-state index contributed by atoms with van der Waals surface area (Å²) in [4.78, 5) is 0. The van der Waals surface area contributed by atoms with Crippen molar-refractivity contribution in [1.29, 1.82) is 0 Å². The third-order valence-electron chi connectivity index (χ3n) is 3.57. The Morgan fingerprint density at radius 2 is 1.52 bits per heavy atom. The van der Waals surface area contributed by atoms with Crippen LogP contribution in [0.25, 0.3) is 0 Å². The van der Waals surface area contributed by atoms with E-state index < -0.39 is 0 Å². The van der Waals surface area contributed by atoms with E-state index in [9.17, 15) is 0 Å². The van der Waals surface area contributed by atoms with E-state index in [0.717, 1.165) is 41.2 Å². The number of aryl methyl sites for hydroxylation is 1. The van der Waals surface area contributed by atoms with Crippen LogP contribution in [-0.4, -0.2) is 21.3 Å². The lowest BCUT2D eigenvalue weighted by atomic mass is 9.99. The van der Waals surface area contributed by atoms with Crippen LogP contribution in [0.3, 0.4) is 0 Å². The fourth-order valence-electron chi connectivity index (χ4n) is 2.37. The average molecular weight is 285 g/mol. The number of hydrogen-bond acceptors (Lipinski definition) is 3. The second kappa shape index (κ2) is 7.02. The van der Waals surface area contributed by atoms with Crippen molar-refractivity contribution in [2.45, 2.75) is 12.8 Å². The summed E-state index contributed by atoms with van der Waals surface area (Å²) in [6, 6.07) is 12.0. The van der Waals surface area contributed by atoms with Crippen molar-refractivity contribution in [1.82, 2.24) is 0 Å². The predicted octanol–water partition coefficient (Wildman–Crippen LogP) is 3.68. The first kappa shape index (κ1) is 15.2. The zero-order chi connectivity index (χ0) is 15.2. The van der Waals surface area contributed by atoms with Crippen LogP contribution in [0.1, 0.15) is 16.7 Å². The third kappa shape index (κ3) is 3.48. The molecule has 0 saturated carbocycles. The molecular weight excluding hydrogens is 264 g/mol. The first-order chi connectivity index (χ1) is 10.2. The molecule has 0 aliphatic rings. The van der Waals surface area contributed by atoms with Crippen LogP contribution in [0.15, 0.2) is 36.4 Å². The lowest BCUT2D eigenvalue weighted by Crippen LogP contribution is -2.01. The number of methoxy groups -OCH3 is 3. The van der Waals surface area contributed by atoms with Gasteiger partial charge in [0, 0.05) is 5.56 Å². The van der Waals surface area contributed by atoms with Gasteiger partial charge in [-0.25, -0.2) is 0 Å². The van der Waals surface area contributed by atoms with Crippen molar-refractivity contribution < 1.29 is 14.2 Å². The number of hydrogen-bond donors (Lipinski definition) is 0. The van der Waals surface area contributed by atoms with Crippen molar-refractivity contribution in [3.05, 3.63) is 60.0 Å². The van der Waals surface area contributed by atoms with Crippen molar-refractivity contribution in [2.75, 3.05) is 21.3 Å². The molecule has 0 aromatic heterocycles. The van der Waals surface area contributed by atoms with Gasteiger partial charge >= 0.3 is 0 Å². The molecule has 0 aliphatic carbocycles. The molecule has 0 N–H and O–H groups in total. The summed E-state index contributed by atoms with van der Waals surface area (Å²) in [6.45, 7) is 4.09. The molecule has 21 heavy (non-hydrogen) atoms. The maximum Gasteiger partial charge on any atom is 0.164 e. The standard InChI is InChI=1S/C18H21O3/c1-13-5-12-17(20-3)18(21-4)16(13)11-8-14-6-9-15(19-2)10-7-14/h5-7,9-10,12H,1,8,11H2,2-4H3. The van der Waals surface area contributed by atoms with Crippen LogP contribution >= 0.6 is 0 Å². The molecule has 0 bridgehead atoms. The second-order valence-electron chi connectivity index (χ2n) is 4.79. The van der Waals surface area contributed by atoms with E-state index in [-0.39, 0.29) is 0 Å². The fourth-order valence-corrected chi connectivity index (χ4v) is 2.37. The Labute approximate surface area is 126 Å². The van der Waals surface area contributed by atoms with Gasteiger partial charge in [-0.3, -0.25) is 0 Å². The molecule has 3 nitrogen and oxygen atoms in total. The molecule has 0 amide bonds. The van der Waals surface area contributed by atoms with Gasteiger partial charge in [0.15, 0.2) is 11.5 Å². The highest BCUT2D eigenvalue weighted by Crippen LogP contribution is 2.34. The third-order valence-corrected chi connectivity index (χ3v) is 3.57. The highest BCUT2D eigenvalue weighted by Gasteiger charge is 2.12. The summed E-state index contributed by atoms with van der Waals surface area (Å²) in [5.74, 6) is 2.39. The Morgan fingerprint density at radius 3 is 2.10 bits per heavy atom. The maximum absolute atomic E-state index is 5.49. The molecule has 0 fully saturated rings. The van der Waals surface area contributed by atoms with Crippen molar-refractivity contribution in [3.8, 4) is 17.2 Å². The predicted molar refractivity (Wildman–Crippen MR) is 84.4 cm³/mol. The van der Waals surface area contributed by atoms with Gasteiger partial charge in [0.05, 0.1) is 21.3 Å². The topological polar surface area (TPSA) is 27.7 Å². The van der Waals surface area contributed by atoms with Gasteiger partial charge in [0.1, 0.15) is 5.75 Å². The monoisotopic (exact) mass is 285 g/mol. The first-order valence-electron chi connectivity index (χ1n) is 6.88. The number of ether oxygens (including phenoxy) is 3. The van der Waals surface area contributed by atoms with Crippen LogP contribution in [0, 0.1) is 6.92 Å². The van der Waals surface area contributed by atoms with Crippen LogP contribution in [0.5, 0.6) is 17.2 Å². The molecule has 2 aromatic carbocycles. The van der Waals surface area contributed by atoms with Crippen LogP contribution in [-0.2, 0) is 12.8 Å². The van der Waals surface area contributed by atoms with Crippen LogP contribution in [0.2, 0.25) is 0 Å². The van der Waals surface area contributed by atoms with Gasteiger partial charge < -0.3 is 14.2 Å². The minimum atomic E-state index is 0.745. The van der Waals surface area contributed by atoms with Gasteiger partial charge in [0.25, 0.3) is 0 Å². The van der Waals surface area contributed by atoms with Crippen molar-refractivity contribution >= 4 is 0 Å². The fraction of sp³-hybridized carbons (Fsp3) is 0.278. The SMILES string of the molecule is [CH2]c1ccc(OC)c(OC)c1CCc1ccc(OC)cc1. The molecule has 1 radical (unpaired) electrons. The minimum Gasteiger partial charge on any atom is -0.497 e. The summed E-state index contributed by atoms with van der Waals surface area (Å²) in [7, 11) is 4.98. The zero-order valence-corrected chi connectivity index (χ0v) is 12.8. The molecule has 0 unspecified atom stereocenters. The molecule has 0 saturated heterocycles. The van der Waals surface area contributed by atoms with Gasteiger partial charge in [-0.15, -0.1) is 0 Å². The van der Waals surface area contributed by atoms with E-state index in [2.05, 4.69) is 19.1 Å². The van der Waals surface area contributed by atoms with E-state index in [1.54, 1.807) is 21.3 Å². The number of rotatable bonds is 6. The smallest absolute Gasteiger partial charge is 0.164 e. The Balaban J connectivity index is 2.18. The molecule has 0 atom stereocenters. The Bertz CT molecular complexity index is 588. The first-order valence-corrected chi connectivity index (χ1v) is 6.88. The summed E-state index contributed by atoms with van der Waals surface area (Å²) in [5, 5.41) is 0. The van der Waals surface area contributed by atoms with Crippen molar-refractivity contribution in [2.24, 2.45) is 0 Å². The van der Waals surface area contributed by atoms with E-state index in [1.807, 2.05) is 24.3 Å². The normalized spacial score (nSPS) is 10.3. The molecule has 0 aliphatic heterocycles. The highest BCUT2D eigenvalue weighted by molar-refractivity contribution is 5.52. The lowest BCUT2D eigenvalue weighted by Gasteiger charge is -2.15. The molecule has 111 valence electrons. The average Bonchev–Trinajstić information content (AvgIpc) is 2.53. The van der Waals surface area contributed by atoms with E-state index in [4.69, 9.17) is 14.2 Å². The summed E-state index contributed by atoms with van der Waals surface area (Å²) in [6.07, 6.45) is 1.77. The molecule has 2 rings (SSSR count). The van der Waals surface area contributed by atoms with E-state index in [0.29, 0.717) is 0 Å². The second-order valence-corrected chi connectivity index (χ2v) is 4.79. The van der Waals surface area contributed by atoms with Gasteiger partial charge in [-0.05, 0) is 49.1 Å². The molecule has 0 heterocycles. The Hall–Kier alpha value is -2.16. The summed E-state index contributed by atoms with van der Waals surface area (Å²) < 4.78 is 16.0. The van der Waals surface area contributed by atoms with Gasteiger partial charge in [-0.2, -0.15) is 0 Å². The minimum absolute atomic E-state index is 0.745. The van der Waals surface area contributed by atoms with E-state index in [1.165, 1.54) is 5.56 Å². The lowest BCUT2D eigenvalue weighted by molar-refractivity contribution is 0.351. The Morgan fingerprint density at radius 1 is 0.810 bits per heavy atom. The molecule has 0 spiro atoms. The summed E-state index contributed by atoms with van der Waals surface area (Å²) >= 11 is 0.